The lowest BCUT2D eigenvalue weighted by molar-refractivity contribution is 0.289. The van der Waals surface area contributed by atoms with Gasteiger partial charge in [0.25, 0.3) is 0 Å². The summed E-state index contributed by atoms with van der Waals surface area (Å²) in [7, 11) is 1.95. The van der Waals surface area contributed by atoms with Crippen LogP contribution in [0.3, 0.4) is 0 Å². The molecule has 0 atom stereocenters. The Hall–Kier alpha value is -1.13. The second kappa shape index (κ2) is 7.46. The van der Waals surface area contributed by atoms with Gasteiger partial charge in [-0.1, -0.05) is 25.3 Å². The first-order chi connectivity index (χ1) is 9.36. The van der Waals surface area contributed by atoms with E-state index in [0.717, 1.165) is 12.4 Å². The molecule has 0 amide bonds. The highest BCUT2D eigenvalue weighted by molar-refractivity contribution is 5.47. The third-order valence-corrected chi connectivity index (χ3v) is 3.86. The van der Waals surface area contributed by atoms with Gasteiger partial charge in [0.1, 0.15) is 5.82 Å². The second-order valence-corrected chi connectivity index (χ2v) is 5.23. The summed E-state index contributed by atoms with van der Waals surface area (Å²) in [5.74, 6) is 1.04. The fourth-order valence-electron chi connectivity index (χ4n) is 2.98. The maximum atomic E-state index is 9.36. The van der Waals surface area contributed by atoms with Crippen molar-refractivity contribution in [2.75, 3.05) is 25.1 Å². The average Bonchev–Trinajstić information content (AvgIpc) is 2.47. The van der Waals surface area contributed by atoms with E-state index in [1.165, 1.54) is 37.7 Å². The standard InChI is InChI=1S/C15H25N3O/c1-16-12-13-6-5-9-17-15(13)18(10-11-19)14-7-3-2-4-8-14/h5-6,9,14,16,19H,2-4,7-8,10-12H2,1H3. The summed E-state index contributed by atoms with van der Waals surface area (Å²) >= 11 is 0. The Morgan fingerprint density at radius 3 is 2.84 bits per heavy atom. The zero-order valence-corrected chi connectivity index (χ0v) is 11.8. The first-order valence-corrected chi connectivity index (χ1v) is 7.33. The Balaban J connectivity index is 2.21. The first kappa shape index (κ1) is 14.3. The summed E-state index contributed by atoms with van der Waals surface area (Å²) in [6.07, 6.45) is 8.21. The van der Waals surface area contributed by atoms with Gasteiger partial charge >= 0.3 is 0 Å². The van der Waals surface area contributed by atoms with Crippen molar-refractivity contribution in [2.45, 2.75) is 44.7 Å². The Kier molecular flexibility index (Phi) is 5.61. The number of hydrogen-bond donors (Lipinski definition) is 2. The van der Waals surface area contributed by atoms with E-state index in [4.69, 9.17) is 0 Å². The number of anilines is 1. The summed E-state index contributed by atoms with van der Waals surface area (Å²) in [4.78, 5) is 6.88. The fourth-order valence-corrected chi connectivity index (χ4v) is 2.98. The van der Waals surface area contributed by atoms with E-state index in [9.17, 15) is 5.11 Å². The van der Waals surface area contributed by atoms with Crippen LogP contribution in [0.4, 0.5) is 5.82 Å². The van der Waals surface area contributed by atoms with E-state index in [-0.39, 0.29) is 6.61 Å². The summed E-state index contributed by atoms with van der Waals surface area (Å²) in [6.45, 7) is 1.68. The van der Waals surface area contributed by atoms with Gasteiger partial charge in [-0.25, -0.2) is 4.98 Å². The van der Waals surface area contributed by atoms with E-state index in [1.54, 1.807) is 0 Å². The van der Waals surface area contributed by atoms with Crippen LogP contribution in [0, 0.1) is 0 Å². The Morgan fingerprint density at radius 1 is 1.37 bits per heavy atom. The Labute approximate surface area is 115 Å². The second-order valence-electron chi connectivity index (χ2n) is 5.23. The normalized spacial score (nSPS) is 16.5. The molecule has 1 aromatic heterocycles. The van der Waals surface area contributed by atoms with E-state index in [0.29, 0.717) is 12.6 Å². The van der Waals surface area contributed by atoms with E-state index < -0.39 is 0 Å². The van der Waals surface area contributed by atoms with Gasteiger partial charge in [-0.15, -0.1) is 0 Å². The van der Waals surface area contributed by atoms with Gasteiger partial charge in [0, 0.05) is 30.9 Å². The maximum Gasteiger partial charge on any atom is 0.133 e. The molecule has 0 bridgehead atoms. The monoisotopic (exact) mass is 263 g/mol. The molecule has 0 unspecified atom stereocenters. The third kappa shape index (κ3) is 3.67. The largest absolute Gasteiger partial charge is 0.395 e. The number of nitrogens with one attached hydrogen (secondary N) is 1. The van der Waals surface area contributed by atoms with Crippen LogP contribution < -0.4 is 10.2 Å². The molecule has 4 nitrogen and oxygen atoms in total. The van der Waals surface area contributed by atoms with Crippen molar-refractivity contribution in [3.63, 3.8) is 0 Å². The molecular formula is C15H25N3O. The van der Waals surface area contributed by atoms with E-state index in [1.807, 2.05) is 19.3 Å². The van der Waals surface area contributed by atoms with Crippen LogP contribution >= 0.6 is 0 Å². The van der Waals surface area contributed by atoms with Crippen LogP contribution in [0.1, 0.15) is 37.7 Å². The SMILES string of the molecule is CNCc1cccnc1N(CCO)C1CCCCC1. The molecule has 0 spiro atoms. The highest BCUT2D eigenvalue weighted by Crippen LogP contribution is 2.27. The lowest BCUT2D eigenvalue weighted by Gasteiger charge is -2.36. The lowest BCUT2D eigenvalue weighted by Crippen LogP contribution is -2.40. The molecule has 106 valence electrons. The van der Waals surface area contributed by atoms with Crippen LogP contribution in [-0.2, 0) is 6.54 Å². The lowest BCUT2D eigenvalue weighted by atomic mass is 9.94. The van der Waals surface area contributed by atoms with E-state index in [2.05, 4.69) is 21.3 Å². The molecule has 1 heterocycles. The molecule has 1 aliphatic rings. The van der Waals surface area contributed by atoms with Crippen molar-refractivity contribution in [3.05, 3.63) is 23.9 Å². The number of aliphatic hydroxyl groups excluding tert-OH is 1. The van der Waals surface area contributed by atoms with Gasteiger partial charge in [-0.05, 0) is 26.0 Å². The number of nitrogens with zero attached hydrogens (tertiary/aromatic N) is 2. The molecule has 2 N–H and O–H groups in total. The average molecular weight is 263 g/mol. The van der Waals surface area contributed by atoms with Crippen molar-refractivity contribution >= 4 is 5.82 Å². The van der Waals surface area contributed by atoms with Gasteiger partial charge in [0.05, 0.1) is 6.61 Å². The van der Waals surface area contributed by atoms with Crippen molar-refractivity contribution < 1.29 is 5.11 Å². The molecule has 4 heteroatoms. The molecule has 0 aromatic carbocycles. The number of aromatic nitrogens is 1. The topological polar surface area (TPSA) is 48.4 Å². The van der Waals surface area contributed by atoms with Crippen molar-refractivity contribution in [3.8, 4) is 0 Å². The maximum absolute atomic E-state index is 9.36. The minimum Gasteiger partial charge on any atom is -0.395 e. The molecule has 19 heavy (non-hydrogen) atoms. The van der Waals surface area contributed by atoms with E-state index >= 15 is 0 Å². The van der Waals surface area contributed by atoms with Crippen LogP contribution in [0.25, 0.3) is 0 Å². The van der Waals surface area contributed by atoms with Gasteiger partial charge in [-0.2, -0.15) is 0 Å². The van der Waals surface area contributed by atoms with Gasteiger partial charge < -0.3 is 15.3 Å². The third-order valence-electron chi connectivity index (χ3n) is 3.86. The van der Waals surface area contributed by atoms with Crippen LogP contribution in [-0.4, -0.2) is 36.3 Å². The zero-order valence-electron chi connectivity index (χ0n) is 11.8. The van der Waals surface area contributed by atoms with Gasteiger partial charge in [0.2, 0.25) is 0 Å². The fraction of sp³-hybridized carbons (Fsp3) is 0.667. The summed E-state index contributed by atoms with van der Waals surface area (Å²) in [5.41, 5.74) is 1.21. The summed E-state index contributed by atoms with van der Waals surface area (Å²) in [5, 5.41) is 12.6. The molecule has 0 saturated heterocycles. The van der Waals surface area contributed by atoms with Crippen molar-refractivity contribution in [1.29, 1.82) is 0 Å². The minimum atomic E-state index is 0.187. The van der Waals surface area contributed by atoms with Gasteiger partial charge in [-0.3, -0.25) is 0 Å². The molecule has 0 radical (unpaired) electrons. The molecule has 1 aromatic rings. The molecule has 0 aliphatic heterocycles. The van der Waals surface area contributed by atoms with Crippen LogP contribution in [0.5, 0.6) is 0 Å². The summed E-state index contributed by atoms with van der Waals surface area (Å²) in [6, 6.07) is 4.63. The first-order valence-electron chi connectivity index (χ1n) is 7.33. The number of aliphatic hydroxyl groups is 1. The molecular weight excluding hydrogens is 238 g/mol. The highest BCUT2D eigenvalue weighted by atomic mass is 16.3. The molecule has 1 saturated carbocycles. The zero-order chi connectivity index (χ0) is 13.5. The highest BCUT2D eigenvalue weighted by Gasteiger charge is 2.23. The molecule has 2 rings (SSSR count). The quantitative estimate of drug-likeness (QED) is 0.823. The number of rotatable bonds is 6. The van der Waals surface area contributed by atoms with Crippen molar-refractivity contribution in [2.24, 2.45) is 0 Å². The van der Waals surface area contributed by atoms with Crippen molar-refractivity contribution in [1.82, 2.24) is 10.3 Å². The molecule has 1 aliphatic carbocycles. The minimum absolute atomic E-state index is 0.187. The molecule has 1 fully saturated rings. The van der Waals surface area contributed by atoms with Crippen LogP contribution in [0.15, 0.2) is 18.3 Å². The Bertz CT molecular complexity index is 377. The predicted molar refractivity (Wildman–Crippen MR) is 78.3 cm³/mol. The van der Waals surface area contributed by atoms with Gasteiger partial charge in [0.15, 0.2) is 0 Å². The smallest absolute Gasteiger partial charge is 0.133 e. The Morgan fingerprint density at radius 2 is 2.16 bits per heavy atom. The van der Waals surface area contributed by atoms with Crippen LogP contribution in [0.2, 0.25) is 0 Å². The predicted octanol–water partition coefficient (Wildman–Crippen LogP) is 1.93. The number of pyridine rings is 1. The number of hydrogen-bond acceptors (Lipinski definition) is 4. The summed E-state index contributed by atoms with van der Waals surface area (Å²) < 4.78 is 0.